The number of hydrogen-bond donors (Lipinski definition) is 0. The van der Waals surface area contributed by atoms with E-state index < -0.39 is 38.2 Å². The van der Waals surface area contributed by atoms with Crippen molar-refractivity contribution < 1.29 is 35.9 Å². The van der Waals surface area contributed by atoms with Crippen LogP contribution in [0.15, 0.2) is 6.07 Å². The van der Waals surface area contributed by atoms with Crippen molar-refractivity contribution in [1.29, 1.82) is 0 Å². The number of halogens is 6. The first-order chi connectivity index (χ1) is 9.05. The average Bonchev–Trinajstić information content (AvgIpc) is 2.82. The van der Waals surface area contributed by atoms with Gasteiger partial charge in [-0.05, 0) is 6.07 Å². The highest BCUT2D eigenvalue weighted by molar-refractivity contribution is 7.25. The molecule has 20 heavy (non-hydrogen) atoms. The fourth-order valence-corrected chi connectivity index (χ4v) is 3.80. The van der Waals surface area contributed by atoms with E-state index in [1.807, 2.05) is 0 Å². The van der Waals surface area contributed by atoms with Gasteiger partial charge in [0.2, 0.25) is 0 Å². The fourth-order valence-electron chi connectivity index (χ4n) is 1.53. The summed E-state index contributed by atoms with van der Waals surface area (Å²) >= 11 is -0.0341. The average molecular weight is 334 g/mol. The number of esters is 1. The molecule has 2 aromatic heterocycles. The van der Waals surface area contributed by atoms with Crippen molar-refractivity contribution in [2.75, 3.05) is 7.11 Å². The molecule has 2 heterocycles. The number of alkyl halides is 6. The monoisotopic (exact) mass is 334 g/mol. The van der Waals surface area contributed by atoms with Gasteiger partial charge in [0, 0.05) is 5.39 Å². The number of carbonyl (C=O) groups is 1. The molecular formula is C10H4F6O2S2. The molecule has 0 fully saturated rings. The number of thiophene rings is 2. The molecule has 0 N–H and O–H groups in total. The van der Waals surface area contributed by atoms with Crippen LogP contribution >= 0.6 is 22.7 Å². The second-order valence-electron chi connectivity index (χ2n) is 3.60. The molecule has 0 aliphatic rings. The summed E-state index contributed by atoms with van der Waals surface area (Å²) in [5.74, 6) is -0.975. The molecule has 0 saturated carbocycles. The number of carbonyl (C=O) groups excluding carboxylic acids is 1. The Labute approximate surface area is 115 Å². The molecular weight excluding hydrogens is 330 g/mol. The minimum Gasteiger partial charge on any atom is -0.465 e. The maximum absolute atomic E-state index is 12.7. The number of ether oxygens (including phenoxy) is 1. The first kappa shape index (κ1) is 15.1. The highest BCUT2D eigenvalue weighted by atomic mass is 32.1. The summed E-state index contributed by atoms with van der Waals surface area (Å²) in [5, 5.41) is -0.625. The maximum atomic E-state index is 12.7. The molecule has 2 aromatic rings. The van der Waals surface area contributed by atoms with Crippen molar-refractivity contribution in [2.24, 2.45) is 0 Å². The standard InChI is InChI=1S/C10H4F6O2S2/c1-18-8(17)4-2-3-5(19-4)7(10(14,15)16)20-6(3)9(11,12)13/h2H,1H3. The molecule has 0 unspecified atom stereocenters. The third-order valence-electron chi connectivity index (χ3n) is 2.29. The van der Waals surface area contributed by atoms with E-state index in [4.69, 9.17) is 0 Å². The molecule has 0 amide bonds. The lowest BCUT2D eigenvalue weighted by Crippen LogP contribution is -2.03. The highest BCUT2D eigenvalue weighted by Gasteiger charge is 2.43. The first-order valence-electron chi connectivity index (χ1n) is 4.84. The number of methoxy groups -OCH3 is 1. The number of fused-ring (bicyclic) bond motifs is 1. The summed E-state index contributed by atoms with van der Waals surface area (Å²) < 4.78 is 80.2. The zero-order chi connectivity index (χ0) is 15.3. The van der Waals surface area contributed by atoms with Gasteiger partial charge in [0.15, 0.2) is 0 Å². The van der Waals surface area contributed by atoms with Gasteiger partial charge in [-0.3, -0.25) is 0 Å². The van der Waals surface area contributed by atoms with Gasteiger partial charge in [-0.2, -0.15) is 26.3 Å². The lowest BCUT2D eigenvalue weighted by molar-refractivity contribution is -0.134. The Morgan fingerprint density at radius 2 is 1.60 bits per heavy atom. The van der Waals surface area contributed by atoms with Crippen molar-refractivity contribution in [3.63, 3.8) is 0 Å². The van der Waals surface area contributed by atoms with Crippen LogP contribution in [-0.4, -0.2) is 13.1 Å². The molecule has 0 saturated heterocycles. The SMILES string of the molecule is COC(=O)c1cc2c(C(F)(F)F)sc(C(F)(F)F)c2s1. The Morgan fingerprint density at radius 1 is 1.05 bits per heavy atom. The van der Waals surface area contributed by atoms with Crippen molar-refractivity contribution in [2.45, 2.75) is 12.4 Å². The second-order valence-corrected chi connectivity index (χ2v) is 5.67. The molecule has 0 aromatic carbocycles. The molecule has 2 nitrogen and oxygen atoms in total. The van der Waals surface area contributed by atoms with Crippen molar-refractivity contribution >= 4 is 38.7 Å². The normalized spacial score (nSPS) is 12.9. The Morgan fingerprint density at radius 3 is 2.05 bits per heavy atom. The van der Waals surface area contributed by atoms with E-state index in [0.29, 0.717) is 11.3 Å². The summed E-state index contributed by atoms with van der Waals surface area (Å²) in [7, 11) is 0.991. The molecule has 0 atom stereocenters. The molecule has 0 aliphatic heterocycles. The zero-order valence-corrected chi connectivity index (χ0v) is 11.1. The highest BCUT2D eigenvalue weighted by Crippen LogP contribution is 2.50. The largest absolute Gasteiger partial charge is 0.465 e. The first-order valence-corrected chi connectivity index (χ1v) is 6.48. The molecule has 10 heteroatoms. The fraction of sp³-hybridized carbons (Fsp3) is 0.300. The summed E-state index contributed by atoms with van der Waals surface area (Å²) in [6.45, 7) is 0. The summed E-state index contributed by atoms with van der Waals surface area (Å²) in [6, 6.07) is 0.778. The quantitative estimate of drug-likeness (QED) is 0.554. The summed E-state index contributed by atoms with van der Waals surface area (Å²) in [5.41, 5.74) is 0. The van der Waals surface area contributed by atoms with Crippen LogP contribution in [0.4, 0.5) is 26.3 Å². The molecule has 0 aliphatic carbocycles. The summed E-state index contributed by atoms with van der Waals surface area (Å²) in [6.07, 6.45) is -9.83. The van der Waals surface area contributed by atoms with E-state index in [1.54, 1.807) is 0 Å². The Bertz CT molecular complexity index is 617. The predicted octanol–water partition coefficient (Wildman–Crippen LogP) is 4.79. The van der Waals surface area contributed by atoms with Crippen LogP contribution in [0.2, 0.25) is 0 Å². The maximum Gasteiger partial charge on any atom is 0.427 e. The lowest BCUT2D eigenvalue weighted by atomic mass is 10.2. The Hall–Kier alpha value is -1.29. The topological polar surface area (TPSA) is 26.3 Å². The van der Waals surface area contributed by atoms with Crippen LogP contribution in [0.5, 0.6) is 0 Å². The molecule has 0 spiro atoms. The third kappa shape index (κ3) is 2.49. The second kappa shape index (κ2) is 4.62. The minimum absolute atomic E-state index is 0.304. The van der Waals surface area contributed by atoms with E-state index >= 15 is 0 Å². The van der Waals surface area contributed by atoms with Crippen LogP contribution in [0, 0.1) is 0 Å². The van der Waals surface area contributed by atoms with Gasteiger partial charge < -0.3 is 4.74 Å². The lowest BCUT2D eigenvalue weighted by Gasteiger charge is -2.04. The van der Waals surface area contributed by atoms with E-state index in [-0.39, 0.29) is 16.2 Å². The number of hydrogen-bond acceptors (Lipinski definition) is 4. The van der Waals surface area contributed by atoms with Gasteiger partial charge in [-0.15, -0.1) is 22.7 Å². The number of rotatable bonds is 1. The van der Waals surface area contributed by atoms with Gasteiger partial charge in [-0.25, -0.2) is 4.79 Å². The van der Waals surface area contributed by atoms with Crippen LogP contribution in [0.25, 0.3) is 10.1 Å². The van der Waals surface area contributed by atoms with Crippen molar-refractivity contribution in [1.82, 2.24) is 0 Å². The van der Waals surface area contributed by atoms with Gasteiger partial charge in [0.25, 0.3) is 0 Å². The van der Waals surface area contributed by atoms with Crippen LogP contribution < -0.4 is 0 Å². The van der Waals surface area contributed by atoms with Crippen molar-refractivity contribution in [3.05, 3.63) is 20.7 Å². The third-order valence-corrected chi connectivity index (χ3v) is 4.85. The molecule has 110 valence electrons. The Balaban J connectivity index is 2.76. The van der Waals surface area contributed by atoms with E-state index in [0.717, 1.165) is 13.2 Å². The van der Waals surface area contributed by atoms with Gasteiger partial charge in [0.1, 0.15) is 14.6 Å². The Kier molecular flexibility index (Phi) is 3.49. The predicted molar refractivity (Wildman–Crippen MR) is 61.0 cm³/mol. The zero-order valence-electron chi connectivity index (χ0n) is 9.48. The van der Waals surface area contributed by atoms with E-state index in [1.165, 1.54) is 0 Å². The van der Waals surface area contributed by atoms with Gasteiger partial charge in [0.05, 0.1) is 11.8 Å². The molecule has 0 bridgehead atoms. The molecule has 2 rings (SSSR count). The van der Waals surface area contributed by atoms with Gasteiger partial charge >= 0.3 is 18.3 Å². The summed E-state index contributed by atoms with van der Waals surface area (Å²) in [4.78, 5) is 8.20. The van der Waals surface area contributed by atoms with Crippen LogP contribution in [-0.2, 0) is 17.1 Å². The van der Waals surface area contributed by atoms with E-state index in [9.17, 15) is 31.1 Å². The van der Waals surface area contributed by atoms with Crippen molar-refractivity contribution in [3.8, 4) is 0 Å². The molecule has 0 radical (unpaired) electrons. The van der Waals surface area contributed by atoms with Gasteiger partial charge in [-0.1, -0.05) is 0 Å². The van der Waals surface area contributed by atoms with E-state index in [2.05, 4.69) is 4.74 Å². The van der Waals surface area contributed by atoms with Crippen LogP contribution in [0.3, 0.4) is 0 Å². The van der Waals surface area contributed by atoms with Crippen LogP contribution in [0.1, 0.15) is 19.4 Å². The smallest absolute Gasteiger partial charge is 0.427 e. The minimum atomic E-state index is -4.92.